The summed E-state index contributed by atoms with van der Waals surface area (Å²) in [6.07, 6.45) is 2.25. The van der Waals surface area contributed by atoms with Crippen LogP contribution in [0.3, 0.4) is 0 Å². The van der Waals surface area contributed by atoms with Crippen molar-refractivity contribution >= 4 is 33.3 Å². The first-order valence-electron chi connectivity index (χ1n) is 8.74. The minimum atomic E-state index is -0.462. The lowest BCUT2D eigenvalue weighted by molar-refractivity contribution is 0.0531. The van der Waals surface area contributed by atoms with Gasteiger partial charge >= 0.3 is 5.97 Å². The number of hydrogen-bond donors (Lipinski definition) is 0. The van der Waals surface area contributed by atoms with Gasteiger partial charge in [0.1, 0.15) is 9.71 Å². The minimum Gasteiger partial charge on any atom is -0.462 e. The Morgan fingerprint density at radius 3 is 2.52 bits per heavy atom. The second-order valence-electron chi connectivity index (χ2n) is 6.11. The molecule has 27 heavy (non-hydrogen) atoms. The number of carbonyl (C=O) groups excluding carboxylic acids is 2. The zero-order valence-electron chi connectivity index (χ0n) is 15.4. The van der Waals surface area contributed by atoms with Gasteiger partial charge in [-0.15, -0.1) is 11.3 Å². The first kappa shape index (κ1) is 19.0. The zero-order valence-corrected chi connectivity index (χ0v) is 16.3. The molecule has 0 aliphatic carbocycles. The van der Waals surface area contributed by atoms with E-state index < -0.39 is 5.97 Å². The van der Waals surface area contributed by atoms with E-state index in [2.05, 4.69) is 4.98 Å². The fraction of sp³-hybridized carbons (Fsp3) is 0.300. The van der Waals surface area contributed by atoms with Crippen molar-refractivity contribution in [1.29, 1.82) is 0 Å². The number of nitrogens with zero attached hydrogens (tertiary/aromatic N) is 2. The highest BCUT2D eigenvalue weighted by Crippen LogP contribution is 2.27. The maximum absolute atomic E-state index is 12.8. The van der Waals surface area contributed by atoms with Crippen LogP contribution in [0.4, 0.5) is 0 Å². The summed E-state index contributed by atoms with van der Waals surface area (Å²) in [5, 5.41) is 0.361. The largest absolute Gasteiger partial charge is 0.462 e. The summed E-state index contributed by atoms with van der Waals surface area (Å²) in [7, 11) is 0. The predicted octanol–water partition coefficient (Wildman–Crippen LogP) is 3.39. The molecule has 0 atom stereocenters. The van der Waals surface area contributed by atoms with Crippen molar-refractivity contribution < 1.29 is 14.3 Å². The molecule has 0 amide bonds. The third-order valence-electron chi connectivity index (χ3n) is 4.38. The number of hydrogen-bond acceptors (Lipinski definition) is 6. The summed E-state index contributed by atoms with van der Waals surface area (Å²) in [5.74, 6) is -0.629. The molecule has 3 rings (SSSR count). The average molecular weight is 384 g/mol. The number of Topliss-reactive ketones (excluding diaryl/α,β-unsaturated/α-hetero) is 1. The van der Waals surface area contributed by atoms with E-state index in [1.165, 1.54) is 10.9 Å². The summed E-state index contributed by atoms with van der Waals surface area (Å²) >= 11 is 1.13. The second kappa shape index (κ2) is 7.84. The van der Waals surface area contributed by atoms with Crippen LogP contribution in [0.1, 0.15) is 45.0 Å². The minimum absolute atomic E-state index is 0.0999. The predicted molar refractivity (Wildman–Crippen MR) is 105 cm³/mol. The van der Waals surface area contributed by atoms with Crippen molar-refractivity contribution in [2.75, 3.05) is 6.61 Å². The van der Waals surface area contributed by atoms with E-state index in [9.17, 15) is 14.4 Å². The Hall–Kier alpha value is -2.80. The van der Waals surface area contributed by atoms with Crippen molar-refractivity contribution in [1.82, 2.24) is 9.55 Å². The quantitative estimate of drug-likeness (QED) is 0.481. The van der Waals surface area contributed by atoms with Crippen LogP contribution in [-0.2, 0) is 17.7 Å². The van der Waals surface area contributed by atoms with E-state index in [1.54, 1.807) is 26.0 Å². The van der Waals surface area contributed by atoms with E-state index in [-0.39, 0.29) is 24.5 Å². The van der Waals surface area contributed by atoms with Gasteiger partial charge in [-0.3, -0.25) is 14.2 Å². The van der Waals surface area contributed by atoms with Gasteiger partial charge in [0, 0.05) is 5.56 Å². The van der Waals surface area contributed by atoms with Gasteiger partial charge in [0.15, 0.2) is 5.78 Å². The molecule has 0 saturated heterocycles. The molecule has 1 aromatic carbocycles. The number of benzene rings is 1. The van der Waals surface area contributed by atoms with Gasteiger partial charge < -0.3 is 4.74 Å². The lowest BCUT2D eigenvalue weighted by Gasteiger charge is -2.06. The highest BCUT2D eigenvalue weighted by atomic mass is 32.1. The molecule has 0 bridgehead atoms. The van der Waals surface area contributed by atoms with Crippen LogP contribution >= 0.6 is 11.3 Å². The molecule has 140 valence electrons. The second-order valence-corrected chi connectivity index (χ2v) is 7.11. The summed E-state index contributed by atoms with van der Waals surface area (Å²) < 4.78 is 6.32. The monoisotopic (exact) mass is 384 g/mol. The fourth-order valence-electron chi connectivity index (χ4n) is 2.84. The molecule has 2 aromatic heterocycles. The lowest BCUT2D eigenvalue weighted by Crippen LogP contribution is -2.24. The normalized spacial score (nSPS) is 10.9. The van der Waals surface area contributed by atoms with Gasteiger partial charge in [0.05, 0.1) is 24.9 Å². The van der Waals surface area contributed by atoms with Crippen LogP contribution in [0.5, 0.6) is 0 Å². The Labute approximate surface area is 160 Å². The van der Waals surface area contributed by atoms with E-state index in [1.807, 2.05) is 19.1 Å². The molecular formula is C20H20N2O4S. The summed E-state index contributed by atoms with van der Waals surface area (Å²) in [4.78, 5) is 42.5. The number of esters is 1. The third-order valence-corrected chi connectivity index (χ3v) is 5.56. The smallest absolute Gasteiger partial charge is 0.348 e. The number of ketones is 1. The van der Waals surface area contributed by atoms with Gasteiger partial charge in [0.2, 0.25) is 0 Å². The van der Waals surface area contributed by atoms with E-state index >= 15 is 0 Å². The van der Waals surface area contributed by atoms with Crippen molar-refractivity contribution in [3.63, 3.8) is 0 Å². The molecule has 0 N–H and O–H groups in total. The maximum atomic E-state index is 12.8. The number of ether oxygens (including phenoxy) is 1. The van der Waals surface area contributed by atoms with E-state index in [0.717, 1.165) is 23.3 Å². The molecule has 6 nitrogen and oxygen atoms in total. The number of fused-ring (bicyclic) bond motifs is 1. The molecule has 3 aromatic rings. The van der Waals surface area contributed by atoms with Crippen molar-refractivity contribution in [2.45, 2.75) is 33.7 Å². The first-order chi connectivity index (χ1) is 13.0. The van der Waals surface area contributed by atoms with Crippen molar-refractivity contribution in [3.05, 3.63) is 62.5 Å². The SMILES string of the molecule is CCOC(=O)c1sc2ncn(CC(=O)c3ccc(CC)cc3)c(=O)c2c1C. The number of carbonyl (C=O) groups is 2. The Kier molecular flexibility index (Phi) is 5.51. The van der Waals surface area contributed by atoms with Crippen LogP contribution in [-0.4, -0.2) is 27.9 Å². The molecule has 0 aliphatic heterocycles. The third kappa shape index (κ3) is 3.68. The molecule has 0 radical (unpaired) electrons. The molecule has 0 spiro atoms. The molecule has 0 fully saturated rings. The highest BCUT2D eigenvalue weighted by molar-refractivity contribution is 7.20. The molecule has 0 saturated carbocycles. The molecule has 2 heterocycles. The highest BCUT2D eigenvalue weighted by Gasteiger charge is 2.21. The molecule has 0 aliphatic rings. The van der Waals surface area contributed by atoms with Gasteiger partial charge in [-0.05, 0) is 31.4 Å². The topological polar surface area (TPSA) is 78.3 Å². The van der Waals surface area contributed by atoms with Gasteiger partial charge in [-0.25, -0.2) is 9.78 Å². The van der Waals surface area contributed by atoms with Crippen LogP contribution in [0.25, 0.3) is 10.2 Å². The zero-order chi connectivity index (χ0) is 19.6. The van der Waals surface area contributed by atoms with Gasteiger partial charge in [0.25, 0.3) is 5.56 Å². The molecule has 7 heteroatoms. The Morgan fingerprint density at radius 1 is 1.19 bits per heavy atom. The van der Waals surface area contributed by atoms with E-state index in [4.69, 9.17) is 4.74 Å². The Balaban J connectivity index is 1.94. The lowest BCUT2D eigenvalue weighted by atomic mass is 10.1. The maximum Gasteiger partial charge on any atom is 0.348 e. The van der Waals surface area contributed by atoms with Crippen LogP contribution < -0.4 is 5.56 Å². The standard InChI is InChI=1S/C20H20N2O4S/c1-4-13-6-8-14(9-7-13)15(23)10-22-11-21-18-16(19(22)24)12(3)17(27-18)20(25)26-5-2/h6-9,11H,4-5,10H2,1-3H3. The van der Waals surface area contributed by atoms with Crippen molar-refractivity contribution in [3.8, 4) is 0 Å². The first-order valence-corrected chi connectivity index (χ1v) is 9.55. The Morgan fingerprint density at radius 2 is 1.89 bits per heavy atom. The van der Waals surface area contributed by atoms with Gasteiger partial charge in [-0.2, -0.15) is 0 Å². The average Bonchev–Trinajstić information content (AvgIpc) is 3.01. The van der Waals surface area contributed by atoms with Crippen molar-refractivity contribution in [2.24, 2.45) is 0 Å². The molecule has 0 unspecified atom stereocenters. The number of aromatic nitrogens is 2. The number of rotatable bonds is 6. The number of aryl methyl sites for hydroxylation is 2. The van der Waals surface area contributed by atoms with Crippen LogP contribution in [0.15, 0.2) is 35.4 Å². The fourth-order valence-corrected chi connectivity index (χ4v) is 3.87. The van der Waals surface area contributed by atoms with E-state index in [0.29, 0.717) is 26.2 Å². The summed E-state index contributed by atoms with van der Waals surface area (Å²) in [5.41, 5.74) is 1.91. The van der Waals surface area contributed by atoms with Crippen LogP contribution in [0.2, 0.25) is 0 Å². The number of thiophene rings is 1. The summed E-state index contributed by atoms with van der Waals surface area (Å²) in [6, 6.07) is 7.36. The van der Waals surface area contributed by atoms with Crippen LogP contribution in [0, 0.1) is 6.92 Å². The summed E-state index contributed by atoms with van der Waals surface area (Å²) in [6.45, 7) is 5.63. The van der Waals surface area contributed by atoms with Gasteiger partial charge in [-0.1, -0.05) is 31.2 Å². The molecular weight excluding hydrogens is 364 g/mol. The Bertz CT molecular complexity index is 1060.